The van der Waals surface area contributed by atoms with Crippen molar-refractivity contribution in [1.82, 2.24) is 15.5 Å². The Balaban J connectivity index is 0.00000484. The van der Waals surface area contributed by atoms with E-state index in [1.807, 2.05) is 6.92 Å². The Bertz CT molecular complexity index is 520. The number of hydrogen-bond acceptors (Lipinski definition) is 2. The number of rotatable bonds is 7. The molecule has 0 unspecified atom stereocenters. The van der Waals surface area contributed by atoms with E-state index < -0.39 is 0 Å². The predicted octanol–water partition coefficient (Wildman–Crippen LogP) is 2.83. The second-order valence-electron chi connectivity index (χ2n) is 5.53. The standard InChI is InChI=1S/C18H28N4.HI/c1-6-12-20-18(19-7-2)21-13-16-10-8-9-11-17(16)14-22(5)15(3)4;/h1,8-11,15H,7,12-14H2,2-5H3,(H2,19,20,21);1H. The molecule has 23 heavy (non-hydrogen) atoms. The highest BCUT2D eigenvalue weighted by atomic mass is 127. The third-order valence-corrected chi connectivity index (χ3v) is 3.53. The van der Waals surface area contributed by atoms with Gasteiger partial charge in [0.1, 0.15) is 0 Å². The van der Waals surface area contributed by atoms with Crippen molar-refractivity contribution in [2.45, 2.75) is 39.9 Å². The number of nitrogens with one attached hydrogen (secondary N) is 2. The lowest BCUT2D eigenvalue weighted by molar-refractivity contribution is 0.265. The van der Waals surface area contributed by atoms with Gasteiger partial charge in [0.05, 0.1) is 13.1 Å². The van der Waals surface area contributed by atoms with Crippen LogP contribution in [-0.2, 0) is 13.1 Å². The average molecular weight is 428 g/mol. The van der Waals surface area contributed by atoms with Gasteiger partial charge in [-0.05, 0) is 38.9 Å². The lowest BCUT2D eigenvalue weighted by Crippen LogP contribution is -2.37. The van der Waals surface area contributed by atoms with E-state index >= 15 is 0 Å². The summed E-state index contributed by atoms with van der Waals surface area (Å²) in [5.41, 5.74) is 2.56. The number of terminal acetylenes is 1. The van der Waals surface area contributed by atoms with Crippen molar-refractivity contribution in [1.29, 1.82) is 0 Å². The van der Waals surface area contributed by atoms with Crippen LogP contribution < -0.4 is 10.6 Å². The molecule has 0 atom stereocenters. The molecular weight excluding hydrogens is 399 g/mol. The summed E-state index contributed by atoms with van der Waals surface area (Å²) in [4.78, 5) is 6.94. The third-order valence-electron chi connectivity index (χ3n) is 3.53. The maximum Gasteiger partial charge on any atom is 0.192 e. The fourth-order valence-corrected chi connectivity index (χ4v) is 1.96. The minimum atomic E-state index is 0. The second-order valence-corrected chi connectivity index (χ2v) is 5.53. The molecule has 0 fully saturated rings. The van der Waals surface area contributed by atoms with E-state index in [4.69, 9.17) is 6.42 Å². The Morgan fingerprint density at radius 3 is 2.48 bits per heavy atom. The summed E-state index contributed by atoms with van der Waals surface area (Å²) in [6.07, 6.45) is 5.29. The van der Waals surface area contributed by atoms with Gasteiger partial charge >= 0.3 is 0 Å². The molecule has 0 saturated heterocycles. The third kappa shape index (κ3) is 8.24. The van der Waals surface area contributed by atoms with Gasteiger partial charge in [-0.25, -0.2) is 4.99 Å². The number of aliphatic imine (C=N–C) groups is 1. The highest BCUT2D eigenvalue weighted by Gasteiger charge is 2.08. The lowest BCUT2D eigenvalue weighted by Gasteiger charge is -2.22. The van der Waals surface area contributed by atoms with Crippen LogP contribution in [0.5, 0.6) is 0 Å². The highest BCUT2D eigenvalue weighted by Crippen LogP contribution is 2.13. The van der Waals surface area contributed by atoms with Crippen molar-refractivity contribution in [3.05, 3.63) is 35.4 Å². The molecule has 1 aromatic carbocycles. The number of guanidine groups is 1. The quantitative estimate of drug-likeness (QED) is 0.304. The zero-order chi connectivity index (χ0) is 16.4. The van der Waals surface area contributed by atoms with Gasteiger partial charge in [-0.2, -0.15) is 0 Å². The molecule has 0 aliphatic heterocycles. The smallest absolute Gasteiger partial charge is 0.192 e. The molecule has 0 aromatic heterocycles. The Hall–Kier alpha value is -1.26. The molecule has 0 saturated carbocycles. The Labute approximate surface area is 158 Å². The van der Waals surface area contributed by atoms with E-state index in [0.717, 1.165) is 19.0 Å². The SMILES string of the molecule is C#CCNC(=NCc1ccccc1CN(C)C(C)C)NCC.I. The summed E-state index contributed by atoms with van der Waals surface area (Å²) >= 11 is 0. The minimum absolute atomic E-state index is 0. The van der Waals surface area contributed by atoms with E-state index in [0.29, 0.717) is 19.1 Å². The first-order valence-electron chi connectivity index (χ1n) is 7.81. The zero-order valence-corrected chi connectivity index (χ0v) is 16.9. The van der Waals surface area contributed by atoms with Crippen LogP contribution in [0, 0.1) is 12.3 Å². The molecule has 0 spiro atoms. The molecule has 5 heteroatoms. The van der Waals surface area contributed by atoms with Gasteiger partial charge in [-0.3, -0.25) is 4.90 Å². The normalized spacial score (nSPS) is 11.1. The van der Waals surface area contributed by atoms with Gasteiger partial charge in [0.2, 0.25) is 0 Å². The zero-order valence-electron chi connectivity index (χ0n) is 14.6. The van der Waals surface area contributed by atoms with Crippen LogP contribution in [0.3, 0.4) is 0 Å². The summed E-state index contributed by atoms with van der Waals surface area (Å²) in [5, 5.41) is 6.31. The van der Waals surface area contributed by atoms with Crippen LogP contribution in [0.25, 0.3) is 0 Å². The topological polar surface area (TPSA) is 39.7 Å². The lowest BCUT2D eigenvalue weighted by atomic mass is 10.1. The summed E-state index contributed by atoms with van der Waals surface area (Å²) < 4.78 is 0. The van der Waals surface area contributed by atoms with Crippen LogP contribution in [0.4, 0.5) is 0 Å². The van der Waals surface area contributed by atoms with Gasteiger partial charge in [0.25, 0.3) is 0 Å². The van der Waals surface area contributed by atoms with Crippen molar-refractivity contribution >= 4 is 29.9 Å². The molecule has 0 heterocycles. The van der Waals surface area contributed by atoms with Crippen molar-refractivity contribution < 1.29 is 0 Å². The summed E-state index contributed by atoms with van der Waals surface area (Å²) in [5.74, 6) is 3.32. The largest absolute Gasteiger partial charge is 0.357 e. The number of nitrogens with zero attached hydrogens (tertiary/aromatic N) is 2. The van der Waals surface area contributed by atoms with Crippen molar-refractivity contribution in [2.75, 3.05) is 20.1 Å². The Morgan fingerprint density at radius 1 is 1.26 bits per heavy atom. The molecular formula is C18H29IN4. The summed E-state index contributed by atoms with van der Waals surface area (Å²) in [6, 6.07) is 8.97. The van der Waals surface area contributed by atoms with E-state index in [1.54, 1.807) is 0 Å². The fraction of sp³-hybridized carbons (Fsp3) is 0.500. The maximum atomic E-state index is 5.29. The molecule has 0 amide bonds. The second kappa shape index (κ2) is 12.2. The van der Waals surface area contributed by atoms with Crippen LogP contribution in [0.2, 0.25) is 0 Å². The van der Waals surface area contributed by atoms with Gasteiger partial charge in [-0.1, -0.05) is 30.2 Å². The number of hydrogen-bond donors (Lipinski definition) is 2. The molecule has 2 N–H and O–H groups in total. The number of halogens is 1. The molecule has 1 aromatic rings. The first-order valence-corrected chi connectivity index (χ1v) is 7.81. The van der Waals surface area contributed by atoms with Crippen molar-refractivity contribution in [3.8, 4) is 12.3 Å². The highest BCUT2D eigenvalue weighted by molar-refractivity contribution is 14.0. The first-order chi connectivity index (χ1) is 10.6. The van der Waals surface area contributed by atoms with Crippen LogP contribution >= 0.6 is 24.0 Å². The fourth-order valence-electron chi connectivity index (χ4n) is 1.96. The van der Waals surface area contributed by atoms with E-state index in [2.05, 4.69) is 71.6 Å². The van der Waals surface area contributed by atoms with E-state index in [9.17, 15) is 0 Å². The molecule has 0 bridgehead atoms. The monoisotopic (exact) mass is 428 g/mol. The van der Waals surface area contributed by atoms with Crippen LogP contribution in [0.15, 0.2) is 29.3 Å². The average Bonchev–Trinajstić information content (AvgIpc) is 2.51. The van der Waals surface area contributed by atoms with Crippen LogP contribution in [0.1, 0.15) is 31.9 Å². The molecule has 128 valence electrons. The molecule has 0 aliphatic carbocycles. The molecule has 1 rings (SSSR count). The molecule has 0 radical (unpaired) electrons. The Morgan fingerprint density at radius 2 is 1.91 bits per heavy atom. The van der Waals surface area contributed by atoms with Gasteiger partial charge in [0.15, 0.2) is 5.96 Å². The summed E-state index contributed by atoms with van der Waals surface area (Å²) in [7, 11) is 2.14. The maximum absolute atomic E-state index is 5.29. The van der Waals surface area contributed by atoms with E-state index in [1.165, 1.54) is 11.1 Å². The van der Waals surface area contributed by atoms with Gasteiger partial charge in [0, 0.05) is 19.1 Å². The summed E-state index contributed by atoms with van der Waals surface area (Å²) in [6.45, 7) is 9.30. The molecule has 0 aliphatic rings. The van der Waals surface area contributed by atoms with Crippen LogP contribution in [-0.4, -0.2) is 37.0 Å². The van der Waals surface area contributed by atoms with Gasteiger partial charge in [-0.15, -0.1) is 30.4 Å². The van der Waals surface area contributed by atoms with E-state index in [-0.39, 0.29) is 24.0 Å². The first kappa shape index (κ1) is 21.7. The van der Waals surface area contributed by atoms with Crippen molar-refractivity contribution in [3.63, 3.8) is 0 Å². The predicted molar refractivity (Wildman–Crippen MR) is 110 cm³/mol. The van der Waals surface area contributed by atoms with Gasteiger partial charge < -0.3 is 10.6 Å². The minimum Gasteiger partial charge on any atom is -0.357 e. The Kier molecular flexibility index (Phi) is 11.5. The molecule has 4 nitrogen and oxygen atoms in total. The number of benzene rings is 1. The van der Waals surface area contributed by atoms with Crippen molar-refractivity contribution in [2.24, 2.45) is 4.99 Å².